The van der Waals surface area contributed by atoms with Crippen molar-refractivity contribution in [3.8, 4) is 55.6 Å². The topological polar surface area (TPSA) is 0 Å². The molecule has 0 spiro atoms. The van der Waals surface area contributed by atoms with Gasteiger partial charge in [-0.15, -0.1) is 11.3 Å². The molecule has 0 fully saturated rings. The van der Waals surface area contributed by atoms with Gasteiger partial charge in [-0.1, -0.05) is 206 Å². The molecule has 1 heteroatoms. The third-order valence-electron chi connectivity index (χ3n) is 13.5. The van der Waals surface area contributed by atoms with Crippen LogP contribution in [0.15, 0.2) is 212 Å². The smallest absolute Gasteiger partial charge is 0.0434 e. The van der Waals surface area contributed by atoms with Crippen LogP contribution in [0.4, 0.5) is 0 Å². The Kier molecular flexibility index (Phi) is 8.32. The molecule has 63 heavy (non-hydrogen) atoms. The lowest BCUT2D eigenvalue weighted by Crippen LogP contribution is -2.02. The lowest BCUT2D eigenvalue weighted by Gasteiger charge is -2.24. The third kappa shape index (κ3) is 5.67. The molecule has 0 unspecified atom stereocenters. The standard InChI is InChI=1S/C62H40S/c1-2-17-41(18-3-1)58-50-25-10-12-27-52(50)61(53-28-13-11-26-51(53)58)55-31-15-30-54-56-38-43(36-37-57(56)63-62(54)55)60-48-23-8-6-21-46(48)59(47-22-7-9-24-49(47)60)42-34-32-40(33-35-42)45-29-14-19-39-16-4-5-20-44(39)45/h1-6,8-21,23-38H,7,22H2. The first kappa shape index (κ1) is 36.1. The van der Waals surface area contributed by atoms with Crippen LogP contribution >= 0.6 is 11.3 Å². The van der Waals surface area contributed by atoms with Gasteiger partial charge >= 0.3 is 0 Å². The minimum absolute atomic E-state index is 1.02. The normalized spacial score (nSPS) is 12.6. The molecular weight excluding hydrogens is 777 g/mol. The molecule has 294 valence electrons. The molecule has 1 aromatic heterocycles. The zero-order valence-electron chi connectivity index (χ0n) is 34.6. The van der Waals surface area contributed by atoms with Crippen molar-refractivity contribution in [1.29, 1.82) is 0 Å². The van der Waals surface area contributed by atoms with Crippen molar-refractivity contribution < 1.29 is 0 Å². The highest BCUT2D eigenvalue weighted by molar-refractivity contribution is 7.26. The van der Waals surface area contributed by atoms with Crippen LogP contribution in [0.1, 0.15) is 17.5 Å². The molecule has 1 aliphatic rings. The molecule has 0 saturated heterocycles. The summed E-state index contributed by atoms with van der Waals surface area (Å²) in [5.74, 6) is 0. The van der Waals surface area contributed by atoms with Gasteiger partial charge in [-0.2, -0.15) is 0 Å². The Balaban J connectivity index is 0.990. The second-order valence-electron chi connectivity index (χ2n) is 16.9. The molecule has 0 aliphatic heterocycles. The summed E-state index contributed by atoms with van der Waals surface area (Å²) in [6.07, 6.45) is 6.83. The zero-order valence-corrected chi connectivity index (χ0v) is 35.4. The summed E-state index contributed by atoms with van der Waals surface area (Å²) in [6, 6.07) is 76.8. The van der Waals surface area contributed by atoms with Crippen molar-refractivity contribution in [2.24, 2.45) is 0 Å². The predicted octanol–water partition coefficient (Wildman–Crippen LogP) is 18.0. The third-order valence-corrected chi connectivity index (χ3v) is 14.8. The van der Waals surface area contributed by atoms with Gasteiger partial charge in [0, 0.05) is 25.7 Å². The molecule has 0 bridgehead atoms. The molecule has 0 amide bonds. The SMILES string of the molecule is C1=Cc2c(c(-c3ccc(-c4cccc5ccccc45)cc3)c3ccccc3c2-c2ccc3sc4c(-c5c6ccccc6c(-c6ccccc6)c6ccccc56)cccc4c3c2)CC1. The van der Waals surface area contributed by atoms with E-state index >= 15 is 0 Å². The molecule has 0 nitrogen and oxygen atoms in total. The first-order chi connectivity index (χ1) is 31.3. The summed E-state index contributed by atoms with van der Waals surface area (Å²) in [4.78, 5) is 0. The average molecular weight is 817 g/mol. The minimum atomic E-state index is 1.02. The Labute approximate surface area is 370 Å². The quantitative estimate of drug-likeness (QED) is 0.152. The molecule has 1 aliphatic carbocycles. The van der Waals surface area contributed by atoms with E-state index in [0.29, 0.717) is 0 Å². The maximum absolute atomic E-state index is 2.48. The highest BCUT2D eigenvalue weighted by atomic mass is 32.1. The fraction of sp³-hybridized carbons (Fsp3) is 0.0323. The van der Waals surface area contributed by atoms with Gasteiger partial charge in [0.25, 0.3) is 0 Å². The van der Waals surface area contributed by atoms with Crippen LogP contribution in [-0.4, -0.2) is 0 Å². The Morgan fingerprint density at radius 3 is 1.59 bits per heavy atom. The molecule has 11 aromatic carbocycles. The van der Waals surface area contributed by atoms with Crippen molar-refractivity contribution in [2.45, 2.75) is 12.8 Å². The van der Waals surface area contributed by atoms with E-state index in [1.807, 2.05) is 11.3 Å². The lowest BCUT2D eigenvalue weighted by atomic mass is 9.80. The first-order valence-electron chi connectivity index (χ1n) is 22.1. The molecular formula is C62H40S. The van der Waals surface area contributed by atoms with E-state index in [2.05, 4.69) is 218 Å². The molecule has 0 saturated carbocycles. The van der Waals surface area contributed by atoms with Crippen molar-refractivity contribution >= 4 is 80.7 Å². The summed E-state index contributed by atoms with van der Waals surface area (Å²) >= 11 is 1.92. The second-order valence-corrected chi connectivity index (χ2v) is 18.0. The van der Waals surface area contributed by atoms with Gasteiger partial charge in [-0.05, 0) is 129 Å². The van der Waals surface area contributed by atoms with Crippen molar-refractivity contribution in [3.63, 3.8) is 0 Å². The van der Waals surface area contributed by atoms with Crippen LogP contribution in [0.25, 0.3) is 125 Å². The van der Waals surface area contributed by atoms with E-state index in [9.17, 15) is 0 Å². The fourth-order valence-electron chi connectivity index (χ4n) is 10.8. The van der Waals surface area contributed by atoms with E-state index < -0.39 is 0 Å². The minimum Gasteiger partial charge on any atom is -0.135 e. The van der Waals surface area contributed by atoms with Crippen LogP contribution in [0.3, 0.4) is 0 Å². The summed E-state index contributed by atoms with van der Waals surface area (Å²) in [6.45, 7) is 0. The Morgan fingerprint density at radius 1 is 0.333 bits per heavy atom. The molecule has 0 N–H and O–H groups in total. The molecule has 0 atom stereocenters. The van der Waals surface area contributed by atoms with Crippen molar-refractivity contribution in [2.75, 3.05) is 0 Å². The van der Waals surface area contributed by atoms with Crippen LogP contribution < -0.4 is 0 Å². The van der Waals surface area contributed by atoms with Crippen LogP contribution in [0.5, 0.6) is 0 Å². The van der Waals surface area contributed by atoms with Crippen LogP contribution in [-0.2, 0) is 6.42 Å². The fourth-order valence-corrected chi connectivity index (χ4v) is 12.0. The van der Waals surface area contributed by atoms with Gasteiger partial charge in [-0.25, -0.2) is 0 Å². The summed E-state index contributed by atoms with van der Waals surface area (Å²) in [5, 5.41) is 12.9. The number of hydrogen-bond acceptors (Lipinski definition) is 1. The average Bonchev–Trinajstić information content (AvgIpc) is 3.73. The van der Waals surface area contributed by atoms with Crippen LogP contribution in [0, 0.1) is 0 Å². The van der Waals surface area contributed by atoms with Gasteiger partial charge in [0.2, 0.25) is 0 Å². The van der Waals surface area contributed by atoms with Crippen molar-refractivity contribution in [3.05, 3.63) is 223 Å². The number of hydrogen-bond donors (Lipinski definition) is 0. The summed E-state index contributed by atoms with van der Waals surface area (Å²) in [5.41, 5.74) is 15.7. The maximum Gasteiger partial charge on any atom is 0.0434 e. The lowest BCUT2D eigenvalue weighted by molar-refractivity contribution is 0.991. The Morgan fingerprint density at radius 2 is 0.857 bits per heavy atom. The van der Waals surface area contributed by atoms with E-state index in [1.54, 1.807) is 0 Å². The highest BCUT2D eigenvalue weighted by Gasteiger charge is 2.24. The highest BCUT2D eigenvalue weighted by Crippen LogP contribution is 2.50. The van der Waals surface area contributed by atoms with E-state index in [1.165, 1.54) is 130 Å². The second kappa shape index (κ2) is 14.5. The van der Waals surface area contributed by atoms with Gasteiger partial charge in [-0.3, -0.25) is 0 Å². The molecule has 0 radical (unpaired) electrons. The predicted molar refractivity (Wildman–Crippen MR) is 274 cm³/mol. The van der Waals surface area contributed by atoms with E-state index in [4.69, 9.17) is 0 Å². The Bertz CT molecular complexity index is 3770. The summed E-state index contributed by atoms with van der Waals surface area (Å²) in [7, 11) is 0. The number of thiophene rings is 1. The van der Waals surface area contributed by atoms with Gasteiger partial charge < -0.3 is 0 Å². The van der Waals surface area contributed by atoms with Crippen LogP contribution in [0.2, 0.25) is 0 Å². The first-order valence-corrected chi connectivity index (χ1v) is 22.9. The number of benzene rings is 11. The van der Waals surface area contributed by atoms with E-state index in [0.717, 1.165) is 12.8 Å². The van der Waals surface area contributed by atoms with Gasteiger partial charge in [0.05, 0.1) is 0 Å². The van der Waals surface area contributed by atoms with Gasteiger partial charge in [0.1, 0.15) is 0 Å². The Hall–Kier alpha value is -7.58. The number of fused-ring (bicyclic) bond motifs is 8. The van der Waals surface area contributed by atoms with E-state index in [-0.39, 0.29) is 0 Å². The molecule has 12 aromatic rings. The number of rotatable bonds is 5. The van der Waals surface area contributed by atoms with Gasteiger partial charge in [0.15, 0.2) is 0 Å². The largest absolute Gasteiger partial charge is 0.135 e. The zero-order chi connectivity index (χ0) is 41.4. The molecule has 13 rings (SSSR count). The monoisotopic (exact) mass is 816 g/mol. The molecule has 1 heterocycles. The summed E-state index contributed by atoms with van der Waals surface area (Å²) < 4.78 is 2.65. The number of allylic oxidation sites excluding steroid dienone is 1. The maximum atomic E-state index is 2.48. The van der Waals surface area contributed by atoms with Crippen molar-refractivity contribution in [1.82, 2.24) is 0 Å².